The molecular formula is C64H66N2. The van der Waals surface area contributed by atoms with E-state index in [2.05, 4.69) is 255 Å². The van der Waals surface area contributed by atoms with Gasteiger partial charge in [-0.1, -0.05) is 196 Å². The minimum Gasteiger partial charge on any atom is -0.348 e. The first-order valence-corrected chi connectivity index (χ1v) is 23.8. The summed E-state index contributed by atoms with van der Waals surface area (Å²) in [7, 11) is 2.23. The van der Waals surface area contributed by atoms with E-state index in [1.807, 2.05) is 13.0 Å². The highest BCUT2D eigenvalue weighted by Gasteiger charge is 2.24. The lowest BCUT2D eigenvalue weighted by Gasteiger charge is -2.32. The molecule has 0 amide bonds. The van der Waals surface area contributed by atoms with Crippen molar-refractivity contribution < 1.29 is 0 Å². The van der Waals surface area contributed by atoms with Gasteiger partial charge in [0.15, 0.2) is 0 Å². The van der Waals surface area contributed by atoms with Gasteiger partial charge in [-0.15, -0.1) is 0 Å². The summed E-state index contributed by atoms with van der Waals surface area (Å²) in [4.78, 5) is 4.87. The topological polar surface area (TPSA) is 6.48 Å². The average Bonchev–Trinajstić information content (AvgIpc) is 3.77. The van der Waals surface area contributed by atoms with E-state index >= 15 is 0 Å². The van der Waals surface area contributed by atoms with Crippen molar-refractivity contribution in [2.75, 3.05) is 11.9 Å². The highest BCUT2D eigenvalue weighted by atomic mass is 15.2. The number of allylic oxidation sites excluding steroid dienone is 26. The van der Waals surface area contributed by atoms with Crippen LogP contribution in [0.1, 0.15) is 75.5 Å². The first-order chi connectivity index (χ1) is 32.5. The summed E-state index contributed by atoms with van der Waals surface area (Å²) in [5, 5.41) is 0. The monoisotopic (exact) mass is 863 g/mol. The van der Waals surface area contributed by atoms with Crippen LogP contribution in [-0.2, 0) is 6.42 Å². The summed E-state index contributed by atoms with van der Waals surface area (Å²) in [5.74, 6) is 0.206. The molecule has 0 heterocycles. The molecule has 0 saturated heterocycles. The Balaban J connectivity index is 1.25. The molecular weight excluding hydrogens is 797 g/mol. The number of rotatable bonds is 19. The van der Waals surface area contributed by atoms with Crippen LogP contribution >= 0.6 is 0 Å². The molecule has 0 aliphatic heterocycles. The summed E-state index contributed by atoms with van der Waals surface area (Å²) >= 11 is 0. The molecule has 7 rings (SSSR count). The number of unbranched alkanes of at least 4 members (excludes halogenated alkanes) is 1. The fourth-order valence-corrected chi connectivity index (χ4v) is 8.85. The Morgan fingerprint density at radius 2 is 1.42 bits per heavy atom. The van der Waals surface area contributed by atoms with Crippen LogP contribution in [0.25, 0.3) is 16.7 Å². The Morgan fingerprint density at radius 1 is 0.697 bits per heavy atom. The van der Waals surface area contributed by atoms with E-state index < -0.39 is 0 Å². The number of hydrogen-bond acceptors (Lipinski definition) is 2. The van der Waals surface area contributed by atoms with Gasteiger partial charge in [-0.3, -0.25) is 0 Å². The summed E-state index contributed by atoms with van der Waals surface area (Å²) in [6.45, 7) is 8.59. The zero-order chi connectivity index (χ0) is 45.8. The third kappa shape index (κ3) is 12.8. The third-order valence-electron chi connectivity index (χ3n) is 12.3. The van der Waals surface area contributed by atoms with Crippen molar-refractivity contribution in [1.82, 2.24) is 4.90 Å². The van der Waals surface area contributed by atoms with Gasteiger partial charge in [-0.05, 0) is 146 Å². The molecule has 4 aromatic rings. The Hall–Kier alpha value is -7.16. The molecule has 1 atom stereocenters. The predicted octanol–water partition coefficient (Wildman–Crippen LogP) is 17.4. The Morgan fingerprint density at radius 3 is 2.21 bits per heavy atom. The van der Waals surface area contributed by atoms with E-state index in [-0.39, 0.29) is 5.92 Å². The lowest BCUT2D eigenvalue weighted by Crippen LogP contribution is -2.21. The van der Waals surface area contributed by atoms with Crippen molar-refractivity contribution in [3.05, 3.63) is 282 Å². The third-order valence-corrected chi connectivity index (χ3v) is 12.3. The molecule has 2 nitrogen and oxygen atoms in total. The molecule has 0 fully saturated rings. The van der Waals surface area contributed by atoms with E-state index in [0.29, 0.717) is 0 Å². The van der Waals surface area contributed by atoms with Gasteiger partial charge < -0.3 is 9.80 Å². The second-order valence-electron chi connectivity index (χ2n) is 17.1. The van der Waals surface area contributed by atoms with Gasteiger partial charge in [0, 0.05) is 47.0 Å². The maximum absolute atomic E-state index is 4.22. The molecule has 3 aliphatic carbocycles. The van der Waals surface area contributed by atoms with Gasteiger partial charge in [0.25, 0.3) is 0 Å². The standard InChI is InChI=1S/C64H66N2/c1-5-7-8-9-10-11-12-13-14-19-32-51(3)62(31-6-2)66(59-43-28-35-53(48-59)47-52-33-20-17-21-34-52)60-44-30-39-56(50-60)55-38-29-40-57(49-55)61-45-26-27-46-63(65(4)58-41-24-18-25-42-58)64(61)54-36-22-15-16-23-37-54/h5-9,12-24,27-31,33-36,38-41,43-46,48-51H,2,10-11,25-26,32,37,42,47H2,1,3-4H3/b7-5-,9-8-,13-12-,19-14?,62-31+. The van der Waals surface area contributed by atoms with Crippen molar-refractivity contribution >= 4 is 16.9 Å². The fourth-order valence-electron chi connectivity index (χ4n) is 8.85. The second-order valence-corrected chi connectivity index (χ2v) is 17.1. The summed E-state index contributed by atoms with van der Waals surface area (Å²) in [5.41, 5.74) is 16.0. The van der Waals surface area contributed by atoms with Crippen LogP contribution in [-0.4, -0.2) is 11.9 Å². The molecule has 0 N–H and O–H groups in total. The van der Waals surface area contributed by atoms with Crippen LogP contribution in [0.15, 0.2) is 266 Å². The van der Waals surface area contributed by atoms with Crippen molar-refractivity contribution in [1.29, 1.82) is 0 Å². The van der Waals surface area contributed by atoms with E-state index in [1.54, 1.807) is 0 Å². The second kappa shape index (κ2) is 24.8. The first kappa shape index (κ1) is 46.8. The van der Waals surface area contributed by atoms with Crippen molar-refractivity contribution in [3.63, 3.8) is 0 Å². The number of nitrogens with zero attached hydrogens (tertiary/aromatic N) is 2. The lowest BCUT2D eigenvalue weighted by atomic mass is 9.87. The number of hydrogen-bond donors (Lipinski definition) is 0. The largest absolute Gasteiger partial charge is 0.348 e. The molecule has 1 unspecified atom stereocenters. The highest BCUT2D eigenvalue weighted by molar-refractivity contribution is 5.88. The predicted molar refractivity (Wildman–Crippen MR) is 287 cm³/mol. The van der Waals surface area contributed by atoms with Gasteiger partial charge in [0.05, 0.1) is 0 Å². The summed E-state index contributed by atoms with van der Waals surface area (Å²) < 4.78 is 0. The summed E-state index contributed by atoms with van der Waals surface area (Å²) in [6.07, 6.45) is 54.0. The van der Waals surface area contributed by atoms with Crippen LogP contribution in [0.5, 0.6) is 0 Å². The van der Waals surface area contributed by atoms with Gasteiger partial charge >= 0.3 is 0 Å². The van der Waals surface area contributed by atoms with E-state index in [9.17, 15) is 0 Å². The minimum absolute atomic E-state index is 0.206. The molecule has 0 bridgehead atoms. The minimum atomic E-state index is 0.206. The molecule has 0 aromatic heterocycles. The van der Waals surface area contributed by atoms with Crippen LogP contribution < -0.4 is 4.90 Å². The zero-order valence-corrected chi connectivity index (χ0v) is 39.3. The Bertz CT molecular complexity index is 2690. The normalized spacial score (nSPS) is 15.9. The van der Waals surface area contributed by atoms with Crippen LogP contribution in [0.3, 0.4) is 0 Å². The number of benzene rings is 4. The molecule has 0 spiro atoms. The smallest absolute Gasteiger partial charge is 0.0485 e. The average molecular weight is 863 g/mol. The van der Waals surface area contributed by atoms with Gasteiger partial charge in [0.1, 0.15) is 0 Å². The number of anilines is 2. The molecule has 0 saturated carbocycles. The molecule has 66 heavy (non-hydrogen) atoms. The molecule has 4 aromatic carbocycles. The molecule has 3 aliphatic rings. The van der Waals surface area contributed by atoms with Crippen molar-refractivity contribution in [2.45, 2.75) is 65.2 Å². The maximum Gasteiger partial charge on any atom is 0.0485 e. The SMILES string of the molecule is C=C/C=C(\C(C)CC=C/C=C\CC/C=C\C=C/C)N(c1cccc(Cc2ccccc2)c1)c1cccc(-c2cccc(C3=CCC=CC(N(C)C4=CC=CCC4)=C3C3=CC=CC=CC3)c2)c1. The summed E-state index contributed by atoms with van der Waals surface area (Å²) in [6, 6.07) is 38.0. The van der Waals surface area contributed by atoms with Gasteiger partial charge in [-0.25, -0.2) is 0 Å². The highest BCUT2D eigenvalue weighted by Crippen LogP contribution is 2.41. The van der Waals surface area contributed by atoms with Crippen LogP contribution in [0.4, 0.5) is 11.4 Å². The van der Waals surface area contributed by atoms with Crippen molar-refractivity contribution in [3.8, 4) is 11.1 Å². The van der Waals surface area contributed by atoms with Gasteiger partial charge in [-0.2, -0.15) is 0 Å². The van der Waals surface area contributed by atoms with Crippen LogP contribution in [0, 0.1) is 5.92 Å². The Labute approximate surface area is 396 Å². The quantitative estimate of drug-likeness (QED) is 0.0684. The lowest BCUT2D eigenvalue weighted by molar-refractivity contribution is 0.504. The van der Waals surface area contributed by atoms with E-state index in [0.717, 1.165) is 62.7 Å². The van der Waals surface area contributed by atoms with E-state index in [1.165, 1.54) is 61.6 Å². The van der Waals surface area contributed by atoms with Crippen LogP contribution in [0.2, 0.25) is 0 Å². The Kier molecular flexibility index (Phi) is 17.6. The van der Waals surface area contributed by atoms with E-state index in [4.69, 9.17) is 0 Å². The van der Waals surface area contributed by atoms with Crippen molar-refractivity contribution in [2.24, 2.45) is 5.92 Å². The molecule has 332 valence electrons. The van der Waals surface area contributed by atoms with Gasteiger partial charge in [0.2, 0.25) is 0 Å². The zero-order valence-electron chi connectivity index (χ0n) is 39.3. The number of likely N-dealkylation sites (N-methyl/N-ethyl adjacent to an activating group) is 1. The first-order valence-electron chi connectivity index (χ1n) is 23.8. The fraction of sp³-hybridized carbons (Fsp3) is 0.188. The molecule has 2 heteroatoms. The maximum atomic E-state index is 4.22. The molecule has 0 radical (unpaired) electrons.